The molecular weight excluding hydrogens is 292 g/mol. The largest absolute Gasteiger partial charge is 0.354 e. The first-order valence-corrected chi connectivity index (χ1v) is 7.94. The van der Waals surface area contributed by atoms with Crippen LogP contribution in [0.4, 0.5) is 0 Å². The quantitative estimate of drug-likeness (QED) is 0.837. The third-order valence-electron chi connectivity index (χ3n) is 2.70. The maximum Gasteiger partial charge on any atom is 0.225 e. The van der Waals surface area contributed by atoms with Crippen molar-refractivity contribution in [3.05, 3.63) is 0 Å². The number of hydrogen-bond donors (Lipinski definition) is 1. The van der Waals surface area contributed by atoms with Crippen molar-refractivity contribution < 1.29 is 14.4 Å². The monoisotopic (exact) mass is 332 g/mol. The topological polar surface area (TPSA) is 66.5 Å². The van der Waals surface area contributed by atoms with Crippen molar-refractivity contribution in [2.45, 2.75) is 81.8 Å². The predicted octanol–water partition coefficient (Wildman–Crippen LogP) is 3.52. The molecular formula is C18H40N2O3. The molecule has 140 valence electrons. The highest BCUT2D eigenvalue weighted by Crippen LogP contribution is 2.05. The van der Waals surface area contributed by atoms with Crippen molar-refractivity contribution >= 4 is 18.6 Å². The van der Waals surface area contributed by atoms with E-state index in [1.165, 1.54) is 0 Å². The van der Waals surface area contributed by atoms with Crippen molar-refractivity contribution in [2.24, 2.45) is 11.8 Å². The molecule has 0 radical (unpaired) electrons. The standard InChI is InChI=1S/C9H19NO.C7H15NO.CH2O.CH4/c1-6-10(8(4)5)9(11)7(2)3;1-5(2)7(9)8-6(3)4;1-2;/h7-8H,6H2,1-5H3;5-6H,1-4H3,(H,8,9);1H2;1H4. The predicted molar refractivity (Wildman–Crippen MR) is 99.3 cm³/mol. The number of hydrogen-bond acceptors (Lipinski definition) is 3. The fourth-order valence-electron chi connectivity index (χ4n) is 1.56. The molecule has 2 amide bonds. The molecule has 0 aliphatic rings. The van der Waals surface area contributed by atoms with E-state index in [9.17, 15) is 9.59 Å². The summed E-state index contributed by atoms with van der Waals surface area (Å²) >= 11 is 0. The van der Waals surface area contributed by atoms with E-state index in [2.05, 4.69) is 5.32 Å². The van der Waals surface area contributed by atoms with E-state index in [4.69, 9.17) is 4.79 Å². The van der Waals surface area contributed by atoms with E-state index >= 15 is 0 Å². The Morgan fingerprint density at radius 1 is 0.913 bits per heavy atom. The van der Waals surface area contributed by atoms with Gasteiger partial charge in [-0.2, -0.15) is 0 Å². The molecule has 0 heterocycles. The highest BCUT2D eigenvalue weighted by Gasteiger charge is 2.17. The number of nitrogens with one attached hydrogen (secondary N) is 1. The van der Waals surface area contributed by atoms with E-state index in [0.717, 1.165) is 6.54 Å². The molecule has 0 aliphatic heterocycles. The van der Waals surface area contributed by atoms with Gasteiger partial charge in [-0.15, -0.1) is 0 Å². The number of carbonyl (C=O) groups excluding carboxylic acids is 3. The van der Waals surface area contributed by atoms with Crippen molar-refractivity contribution in [2.75, 3.05) is 6.54 Å². The minimum Gasteiger partial charge on any atom is -0.354 e. The molecule has 0 saturated carbocycles. The lowest BCUT2D eigenvalue weighted by Gasteiger charge is -2.26. The first-order valence-electron chi connectivity index (χ1n) is 7.94. The molecule has 0 bridgehead atoms. The van der Waals surface area contributed by atoms with Crippen molar-refractivity contribution in [1.82, 2.24) is 10.2 Å². The summed E-state index contributed by atoms with van der Waals surface area (Å²) < 4.78 is 0. The molecule has 0 atom stereocenters. The highest BCUT2D eigenvalue weighted by molar-refractivity contribution is 5.78. The second kappa shape index (κ2) is 17.0. The van der Waals surface area contributed by atoms with Gasteiger partial charge < -0.3 is 15.0 Å². The van der Waals surface area contributed by atoms with Crippen LogP contribution < -0.4 is 5.32 Å². The van der Waals surface area contributed by atoms with Gasteiger partial charge in [-0.1, -0.05) is 35.1 Å². The van der Waals surface area contributed by atoms with E-state index in [1.807, 2.05) is 74.0 Å². The van der Waals surface area contributed by atoms with Crippen LogP contribution >= 0.6 is 0 Å². The lowest BCUT2D eigenvalue weighted by Crippen LogP contribution is -2.39. The van der Waals surface area contributed by atoms with Crippen LogP contribution in [0.25, 0.3) is 0 Å². The van der Waals surface area contributed by atoms with Gasteiger partial charge in [0, 0.05) is 30.5 Å². The van der Waals surface area contributed by atoms with Crippen molar-refractivity contribution in [3.8, 4) is 0 Å². The van der Waals surface area contributed by atoms with Crippen LogP contribution in [0.3, 0.4) is 0 Å². The van der Waals surface area contributed by atoms with Crippen molar-refractivity contribution in [1.29, 1.82) is 0 Å². The molecule has 0 aromatic rings. The third-order valence-corrected chi connectivity index (χ3v) is 2.70. The van der Waals surface area contributed by atoms with Gasteiger partial charge >= 0.3 is 0 Å². The zero-order valence-electron chi connectivity index (χ0n) is 15.9. The van der Waals surface area contributed by atoms with E-state index in [1.54, 1.807) is 0 Å². The lowest BCUT2D eigenvalue weighted by molar-refractivity contribution is -0.135. The summed E-state index contributed by atoms with van der Waals surface area (Å²) in [6, 6.07) is 0.592. The molecule has 0 unspecified atom stereocenters. The number of rotatable bonds is 5. The smallest absolute Gasteiger partial charge is 0.225 e. The maximum absolute atomic E-state index is 11.4. The van der Waals surface area contributed by atoms with E-state index in [-0.39, 0.29) is 37.1 Å². The summed E-state index contributed by atoms with van der Waals surface area (Å²) in [5.74, 6) is 0.609. The Morgan fingerprint density at radius 3 is 1.39 bits per heavy atom. The summed E-state index contributed by atoms with van der Waals surface area (Å²) in [5, 5.41) is 2.80. The van der Waals surface area contributed by atoms with Crippen LogP contribution in [0, 0.1) is 11.8 Å². The summed E-state index contributed by atoms with van der Waals surface area (Å²) in [4.78, 5) is 32.2. The van der Waals surface area contributed by atoms with Gasteiger partial charge in [0.25, 0.3) is 0 Å². The zero-order chi connectivity index (χ0) is 18.5. The zero-order valence-corrected chi connectivity index (χ0v) is 15.9. The Bertz CT molecular complexity index is 301. The first kappa shape index (κ1) is 29.6. The van der Waals surface area contributed by atoms with Crippen LogP contribution in [-0.2, 0) is 14.4 Å². The Hall–Kier alpha value is -1.39. The molecule has 23 heavy (non-hydrogen) atoms. The molecule has 0 aliphatic carbocycles. The minimum absolute atomic E-state index is 0. The summed E-state index contributed by atoms with van der Waals surface area (Å²) in [5.41, 5.74) is 0. The molecule has 0 aromatic carbocycles. The van der Waals surface area contributed by atoms with Crippen LogP contribution in [0.2, 0.25) is 0 Å². The van der Waals surface area contributed by atoms with Crippen molar-refractivity contribution in [3.63, 3.8) is 0 Å². The summed E-state index contributed by atoms with van der Waals surface area (Å²) in [6.45, 7) is 20.5. The van der Waals surface area contributed by atoms with Gasteiger partial charge in [-0.25, -0.2) is 0 Å². The average Bonchev–Trinajstić information content (AvgIpc) is 2.41. The number of amides is 2. The SMILES string of the molecule is C.C=O.CC(C)NC(=O)C(C)C.CCN(C(=O)C(C)C)C(C)C. The lowest BCUT2D eigenvalue weighted by atomic mass is 10.1. The fraction of sp³-hybridized carbons (Fsp3) is 0.833. The van der Waals surface area contributed by atoms with Gasteiger partial charge in [-0.3, -0.25) is 9.59 Å². The first-order chi connectivity index (χ1) is 10.0. The summed E-state index contributed by atoms with van der Waals surface area (Å²) in [6.07, 6.45) is 0. The molecule has 0 spiro atoms. The maximum atomic E-state index is 11.4. The number of carbonyl (C=O) groups is 3. The molecule has 0 rings (SSSR count). The van der Waals surface area contributed by atoms with Crippen LogP contribution in [0.15, 0.2) is 0 Å². The normalized spacial score (nSPS) is 9.43. The van der Waals surface area contributed by atoms with Crippen LogP contribution in [0.5, 0.6) is 0 Å². The second-order valence-corrected chi connectivity index (χ2v) is 6.19. The molecule has 5 heteroatoms. The molecule has 0 saturated heterocycles. The van der Waals surface area contributed by atoms with Crippen LogP contribution in [0.1, 0.15) is 69.7 Å². The third kappa shape index (κ3) is 16.8. The Kier molecular flexibility index (Phi) is 21.8. The molecule has 5 nitrogen and oxygen atoms in total. The Balaban J connectivity index is -0.000000138. The average molecular weight is 333 g/mol. The molecule has 1 N–H and O–H groups in total. The Morgan fingerprint density at radius 2 is 1.30 bits per heavy atom. The van der Waals surface area contributed by atoms with Gasteiger partial charge in [0.15, 0.2) is 0 Å². The summed E-state index contributed by atoms with van der Waals surface area (Å²) in [7, 11) is 0. The molecule has 0 aromatic heterocycles. The van der Waals surface area contributed by atoms with Gasteiger partial charge in [-0.05, 0) is 34.6 Å². The number of nitrogens with zero attached hydrogens (tertiary/aromatic N) is 1. The fourth-order valence-corrected chi connectivity index (χ4v) is 1.56. The van der Waals surface area contributed by atoms with Crippen LogP contribution in [-0.4, -0.2) is 42.1 Å². The van der Waals surface area contributed by atoms with E-state index in [0.29, 0.717) is 6.04 Å². The van der Waals surface area contributed by atoms with Gasteiger partial charge in [0.1, 0.15) is 6.79 Å². The van der Waals surface area contributed by atoms with Gasteiger partial charge in [0.2, 0.25) is 11.8 Å². The Labute approximate surface area is 144 Å². The second-order valence-electron chi connectivity index (χ2n) is 6.19. The minimum atomic E-state index is 0. The van der Waals surface area contributed by atoms with Gasteiger partial charge in [0.05, 0.1) is 0 Å². The highest BCUT2D eigenvalue weighted by atomic mass is 16.2. The van der Waals surface area contributed by atoms with E-state index < -0.39 is 0 Å². The molecule has 0 fully saturated rings.